The van der Waals surface area contributed by atoms with Crippen LogP contribution in [0.4, 0.5) is 29.3 Å². The highest BCUT2D eigenvalue weighted by molar-refractivity contribution is 7.19. The highest BCUT2D eigenvalue weighted by Crippen LogP contribution is 2.27. The van der Waals surface area contributed by atoms with Crippen LogP contribution in [-0.4, -0.2) is 69.8 Å². The molecule has 2 aliphatic rings. The first kappa shape index (κ1) is 26.1. The van der Waals surface area contributed by atoms with E-state index in [1.54, 1.807) is 12.3 Å². The van der Waals surface area contributed by atoms with E-state index in [0.717, 1.165) is 44.7 Å². The Hall–Kier alpha value is -3.52. The molecular formula is C24H27F3N8O2S. The predicted octanol–water partition coefficient (Wildman–Crippen LogP) is 3.77. The zero-order valence-corrected chi connectivity index (χ0v) is 21.2. The summed E-state index contributed by atoms with van der Waals surface area (Å²) < 4.78 is 41.6. The van der Waals surface area contributed by atoms with Crippen molar-refractivity contribution >= 4 is 33.3 Å². The Kier molecular flexibility index (Phi) is 7.88. The molecule has 3 aromatic rings. The van der Waals surface area contributed by atoms with Crippen LogP contribution in [-0.2, 0) is 11.3 Å². The average Bonchev–Trinajstić information content (AvgIpc) is 3.54. The van der Waals surface area contributed by atoms with Crippen molar-refractivity contribution in [2.45, 2.75) is 38.2 Å². The number of piperidine rings is 1. The number of aromatic nitrogens is 4. The van der Waals surface area contributed by atoms with Crippen molar-refractivity contribution in [3.8, 4) is 5.75 Å². The van der Waals surface area contributed by atoms with E-state index in [0.29, 0.717) is 28.9 Å². The Morgan fingerprint density at radius 1 is 1.08 bits per heavy atom. The molecule has 0 radical (unpaired) electrons. The summed E-state index contributed by atoms with van der Waals surface area (Å²) in [6.07, 6.45) is -0.635. The molecule has 0 aliphatic carbocycles. The summed E-state index contributed by atoms with van der Waals surface area (Å²) in [6, 6.07) is 9.91. The van der Waals surface area contributed by atoms with E-state index in [1.165, 1.54) is 29.5 Å². The number of hydrogen-bond donors (Lipinski definition) is 2. The second kappa shape index (κ2) is 11.5. The molecule has 0 saturated carbocycles. The molecule has 5 rings (SSSR count). The quantitative estimate of drug-likeness (QED) is 0.435. The zero-order chi connectivity index (χ0) is 26.5. The van der Waals surface area contributed by atoms with Crippen molar-refractivity contribution in [3.63, 3.8) is 0 Å². The number of likely N-dealkylation sites (tertiary alicyclic amines) is 1. The highest BCUT2D eigenvalue weighted by Gasteiger charge is 2.31. The topological polar surface area (TPSA) is 108 Å². The van der Waals surface area contributed by atoms with Crippen LogP contribution in [0.2, 0.25) is 0 Å². The van der Waals surface area contributed by atoms with E-state index in [4.69, 9.17) is 0 Å². The highest BCUT2D eigenvalue weighted by atomic mass is 32.1. The van der Waals surface area contributed by atoms with Gasteiger partial charge < -0.3 is 20.3 Å². The Morgan fingerprint density at radius 2 is 1.95 bits per heavy atom. The van der Waals surface area contributed by atoms with Crippen LogP contribution < -0.4 is 20.3 Å². The van der Waals surface area contributed by atoms with Crippen LogP contribution in [0.3, 0.4) is 0 Å². The molecule has 0 spiro atoms. The lowest BCUT2D eigenvalue weighted by molar-refractivity contribution is -0.274. The maximum absolute atomic E-state index is 12.9. The molecular weight excluding hydrogens is 521 g/mol. The molecule has 202 valence electrons. The number of anilines is 3. The number of ether oxygens (including phenoxy) is 1. The van der Waals surface area contributed by atoms with Crippen LogP contribution in [0.5, 0.6) is 5.75 Å². The van der Waals surface area contributed by atoms with E-state index in [2.05, 4.69) is 45.6 Å². The van der Waals surface area contributed by atoms with Gasteiger partial charge in [0.25, 0.3) is 0 Å². The van der Waals surface area contributed by atoms with Crippen LogP contribution in [0.1, 0.15) is 24.8 Å². The lowest BCUT2D eigenvalue weighted by atomic mass is 9.96. The normalized spacial score (nSPS) is 20.3. The van der Waals surface area contributed by atoms with Crippen LogP contribution in [0.25, 0.3) is 0 Å². The summed E-state index contributed by atoms with van der Waals surface area (Å²) in [5.74, 6) is 0.196. The first-order valence-corrected chi connectivity index (χ1v) is 13.1. The summed E-state index contributed by atoms with van der Waals surface area (Å²) in [5, 5.41) is 23.7. The molecule has 2 aromatic heterocycles. The molecule has 1 amide bonds. The lowest BCUT2D eigenvalue weighted by Crippen LogP contribution is -2.40. The standard InChI is InChI=1S/C24H27F3N8O2S/c25-24(26,27)37-19-6-1-4-16(12-19)13-34-10-3-5-17(14-34)21(36)30-23-33-32-22(38-23)29-18-8-11-35(15-18)20-7-2-9-28-31-20/h1-2,4,6-7,9,12,17-18H,3,5,8,10-11,13-15H2,(H,29,32)(H,30,33,36). The maximum atomic E-state index is 12.9. The van der Waals surface area contributed by atoms with Gasteiger partial charge in [-0.05, 0) is 55.6 Å². The molecule has 2 atom stereocenters. The predicted molar refractivity (Wildman–Crippen MR) is 136 cm³/mol. The van der Waals surface area contributed by atoms with Gasteiger partial charge in [-0.3, -0.25) is 9.69 Å². The second-order valence-corrected chi connectivity index (χ2v) is 10.3. The third kappa shape index (κ3) is 7.07. The van der Waals surface area contributed by atoms with Gasteiger partial charge in [0.15, 0.2) is 5.82 Å². The van der Waals surface area contributed by atoms with E-state index >= 15 is 0 Å². The number of amides is 1. The molecule has 38 heavy (non-hydrogen) atoms. The van der Waals surface area contributed by atoms with Gasteiger partial charge >= 0.3 is 6.36 Å². The largest absolute Gasteiger partial charge is 0.573 e. The molecule has 1 aromatic carbocycles. The molecule has 2 saturated heterocycles. The number of carbonyl (C=O) groups excluding carboxylic acids is 1. The number of alkyl halides is 3. The van der Waals surface area contributed by atoms with Crippen molar-refractivity contribution in [2.75, 3.05) is 41.7 Å². The Morgan fingerprint density at radius 3 is 2.76 bits per heavy atom. The van der Waals surface area contributed by atoms with Crippen molar-refractivity contribution in [3.05, 3.63) is 48.2 Å². The Labute approximate surface area is 221 Å². The SMILES string of the molecule is O=C(Nc1nnc(NC2CCN(c3cccnn3)C2)s1)C1CCCN(Cc2cccc(OC(F)(F)F)c2)C1. The minimum absolute atomic E-state index is 0.138. The van der Waals surface area contributed by atoms with Gasteiger partial charge in [-0.15, -0.1) is 28.5 Å². The summed E-state index contributed by atoms with van der Waals surface area (Å²) in [7, 11) is 0. The van der Waals surface area contributed by atoms with Crippen LogP contribution >= 0.6 is 11.3 Å². The van der Waals surface area contributed by atoms with Gasteiger partial charge in [0.05, 0.1) is 5.92 Å². The lowest BCUT2D eigenvalue weighted by Gasteiger charge is -2.31. The third-order valence-electron chi connectivity index (χ3n) is 6.47. The van der Waals surface area contributed by atoms with Crippen molar-refractivity contribution in [1.82, 2.24) is 25.3 Å². The van der Waals surface area contributed by atoms with E-state index < -0.39 is 6.36 Å². The molecule has 2 fully saturated rings. The smallest absolute Gasteiger partial charge is 0.406 e. The zero-order valence-electron chi connectivity index (χ0n) is 20.4. The van der Waals surface area contributed by atoms with E-state index in [9.17, 15) is 18.0 Å². The Bertz CT molecular complexity index is 1230. The monoisotopic (exact) mass is 548 g/mol. The molecule has 0 bridgehead atoms. The summed E-state index contributed by atoms with van der Waals surface area (Å²) in [4.78, 5) is 17.2. The third-order valence-corrected chi connectivity index (χ3v) is 7.24. The molecule has 10 nitrogen and oxygen atoms in total. The fourth-order valence-electron chi connectivity index (χ4n) is 4.77. The summed E-state index contributed by atoms with van der Waals surface area (Å²) in [5.41, 5.74) is 0.692. The number of halogens is 3. The van der Waals surface area contributed by atoms with Gasteiger partial charge in [-0.2, -0.15) is 5.10 Å². The van der Waals surface area contributed by atoms with Gasteiger partial charge in [-0.25, -0.2) is 0 Å². The number of nitrogens with zero attached hydrogens (tertiary/aromatic N) is 6. The summed E-state index contributed by atoms with van der Waals surface area (Å²) >= 11 is 1.29. The maximum Gasteiger partial charge on any atom is 0.573 e. The van der Waals surface area contributed by atoms with Gasteiger partial charge in [0.2, 0.25) is 16.2 Å². The van der Waals surface area contributed by atoms with Crippen molar-refractivity contribution < 1.29 is 22.7 Å². The minimum atomic E-state index is -4.73. The van der Waals surface area contributed by atoms with Gasteiger partial charge in [-0.1, -0.05) is 23.5 Å². The average molecular weight is 549 g/mol. The molecule has 2 N–H and O–H groups in total. The molecule has 14 heteroatoms. The minimum Gasteiger partial charge on any atom is -0.406 e. The summed E-state index contributed by atoms with van der Waals surface area (Å²) in [6.45, 7) is 3.31. The number of hydrogen-bond acceptors (Lipinski definition) is 10. The van der Waals surface area contributed by atoms with Gasteiger partial charge in [0, 0.05) is 38.4 Å². The van der Waals surface area contributed by atoms with Crippen molar-refractivity contribution in [1.29, 1.82) is 0 Å². The number of nitrogens with one attached hydrogen (secondary N) is 2. The van der Waals surface area contributed by atoms with Gasteiger partial charge in [0.1, 0.15) is 5.75 Å². The second-order valence-electron chi connectivity index (χ2n) is 9.33. The first-order valence-electron chi connectivity index (χ1n) is 12.3. The van der Waals surface area contributed by atoms with Crippen LogP contribution in [0, 0.1) is 5.92 Å². The molecule has 4 heterocycles. The fourth-order valence-corrected chi connectivity index (χ4v) is 5.50. The Balaban J connectivity index is 1.11. The van der Waals surface area contributed by atoms with E-state index in [1.807, 2.05) is 12.1 Å². The van der Waals surface area contributed by atoms with Crippen LogP contribution in [0.15, 0.2) is 42.6 Å². The number of rotatable bonds is 8. The van der Waals surface area contributed by atoms with E-state index in [-0.39, 0.29) is 23.6 Å². The molecule has 2 unspecified atom stereocenters. The van der Waals surface area contributed by atoms with Crippen molar-refractivity contribution in [2.24, 2.45) is 5.92 Å². The number of carbonyl (C=O) groups is 1. The molecule has 2 aliphatic heterocycles. The fraction of sp³-hybridized carbons (Fsp3) is 0.458. The first-order chi connectivity index (χ1) is 18.3. The number of benzene rings is 1.